The highest BCUT2D eigenvalue weighted by Crippen LogP contribution is 2.28. The van der Waals surface area contributed by atoms with E-state index in [4.69, 9.17) is 0 Å². The van der Waals surface area contributed by atoms with Crippen molar-refractivity contribution in [3.63, 3.8) is 0 Å². The summed E-state index contributed by atoms with van der Waals surface area (Å²) in [6.07, 6.45) is 1.76. The summed E-state index contributed by atoms with van der Waals surface area (Å²) in [5.41, 5.74) is 2.86. The van der Waals surface area contributed by atoms with Crippen LogP contribution in [0.15, 0.2) is 12.1 Å². The van der Waals surface area contributed by atoms with Crippen LogP contribution in [0.25, 0.3) is 0 Å². The molecule has 0 aliphatic carbocycles. The molecule has 1 saturated heterocycles. The molecule has 1 aromatic rings. The van der Waals surface area contributed by atoms with E-state index in [1.165, 1.54) is 0 Å². The van der Waals surface area contributed by atoms with Crippen molar-refractivity contribution in [2.75, 3.05) is 11.4 Å². The predicted octanol–water partition coefficient (Wildman–Crippen LogP) is 2.39. The largest absolute Gasteiger partial charge is 0.480 e. The summed E-state index contributed by atoms with van der Waals surface area (Å²) in [6.45, 7) is 6.81. The SMILES string of the molecule is Cc1cc(N2CCC(C)CC2C(=O)O)cc(C)n1. The number of nitrogens with zero attached hydrogens (tertiary/aromatic N) is 2. The van der Waals surface area contributed by atoms with Crippen molar-refractivity contribution in [1.29, 1.82) is 0 Å². The zero-order chi connectivity index (χ0) is 13.3. The van der Waals surface area contributed by atoms with Gasteiger partial charge in [0.05, 0.1) is 0 Å². The molecule has 98 valence electrons. The molecule has 1 aromatic heterocycles. The normalized spacial score (nSPS) is 24.1. The molecule has 2 rings (SSSR count). The van der Waals surface area contributed by atoms with Crippen molar-refractivity contribution in [3.05, 3.63) is 23.5 Å². The Bertz CT molecular complexity index is 439. The Labute approximate surface area is 108 Å². The predicted molar refractivity (Wildman–Crippen MR) is 70.9 cm³/mol. The second-order valence-electron chi connectivity index (χ2n) is 5.29. The fraction of sp³-hybridized carbons (Fsp3) is 0.571. The monoisotopic (exact) mass is 248 g/mol. The number of piperidine rings is 1. The van der Waals surface area contributed by atoms with Crippen molar-refractivity contribution >= 4 is 11.7 Å². The van der Waals surface area contributed by atoms with E-state index < -0.39 is 12.0 Å². The number of aliphatic carboxylic acids is 1. The number of rotatable bonds is 2. The Hall–Kier alpha value is -1.58. The minimum Gasteiger partial charge on any atom is -0.480 e. The third kappa shape index (κ3) is 2.63. The Morgan fingerprint density at radius 2 is 2.00 bits per heavy atom. The van der Waals surface area contributed by atoms with E-state index in [1.54, 1.807) is 0 Å². The van der Waals surface area contributed by atoms with Crippen molar-refractivity contribution in [3.8, 4) is 0 Å². The van der Waals surface area contributed by atoms with Gasteiger partial charge in [0.1, 0.15) is 6.04 Å². The fourth-order valence-corrected chi connectivity index (χ4v) is 2.66. The first-order chi connectivity index (χ1) is 8.47. The van der Waals surface area contributed by atoms with Gasteiger partial charge in [-0.1, -0.05) is 6.92 Å². The van der Waals surface area contributed by atoms with E-state index >= 15 is 0 Å². The van der Waals surface area contributed by atoms with E-state index in [9.17, 15) is 9.90 Å². The molecule has 1 aliphatic rings. The standard InChI is InChI=1S/C14H20N2O2/c1-9-4-5-16(13(6-9)14(17)18)12-7-10(2)15-11(3)8-12/h7-9,13H,4-6H2,1-3H3,(H,17,18). The molecule has 0 aromatic carbocycles. The van der Waals surface area contributed by atoms with Crippen LogP contribution >= 0.6 is 0 Å². The number of hydrogen-bond donors (Lipinski definition) is 1. The maximum atomic E-state index is 11.4. The van der Waals surface area contributed by atoms with Gasteiger partial charge in [-0.2, -0.15) is 0 Å². The van der Waals surface area contributed by atoms with Crippen LogP contribution in [0.4, 0.5) is 5.69 Å². The van der Waals surface area contributed by atoms with Crippen molar-refractivity contribution in [2.24, 2.45) is 5.92 Å². The van der Waals surface area contributed by atoms with Crippen molar-refractivity contribution in [2.45, 2.75) is 39.7 Å². The van der Waals surface area contributed by atoms with Crippen LogP contribution in [-0.2, 0) is 4.79 Å². The van der Waals surface area contributed by atoms with Crippen LogP contribution in [-0.4, -0.2) is 28.6 Å². The lowest BCUT2D eigenvalue weighted by atomic mass is 9.92. The molecule has 1 N–H and O–H groups in total. The van der Waals surface area contributed by atoms with Crippen LogP contribution in [0.3, 0.4) is 0 Å². The zero-order valence-corrected chi connectivity index (χ0v) is 11.2. The van der Waals surface area contributed by atoms with E-state index in [1.807, 2.05) is 30.9 Å². The molecule has 4 nitrogen and oxygen atoms in total. The zero-order valence-electron chi connectivity index (χ0n) is 11.2. The van der Waals surface area contributed by atoms with E-state index in [0.29, 0.717) is 5.92 Å². The molecule has 1 fully saturated rings. The average molecular weight is 248 g/mol. The molecule has 0 bridgehead atoms. The summed E-state index contributed by atoms with van der Waals surface area (Å²) in [4.78, 5) is 17.7. The number of aromatic nitrogens is 1. The van der Waals surface area contributed by atoms with Crippen molar-refractivity contribution < 1.29 is 9.90 Å². The molecule has 0 radical (unpaired) electrons. The highest BCUT2D eigenvalue weighted by Gasteiger charge is 2.31. The summed E-state index contributed by atoms with van der Waals surface area (Å²) >= 11 is 0. The Balaban J connectivity index is 2.32. The smallest absolute Gasteiger partial charge is 0.326 e. The van der Waals surface area contributed by atoms with E-state index in [0.717, 1.165) is 36.5 Å². The molecule has 2 heterocycles. The fourth-order valence-electron chi connectivity index (χ4n) is 2.66. The number of pyridine rings is 1. The van der Waals surface area contributed by atoms with Gasteiger partial charge >= 0.3 is 5.97 Å². The topological polar surface area (TPSA) is 53.4 Å². The quantitative estimate of drug-likeness (QED) is 0.873. The summed E-state index contributed by atoms with van der Waals surface area (Å²) in [5.74, 6) is -0.250. The molecule has 0 saturated carbocycles. The molecule has 4 heteroatoms. The van der Waals surface area contributed by atoms with Crippen molar-refractivity contribution in [1.82, 2.24) is 4.98 Å². The molecule has 2 atom stereocenters. The van der Waals surface area contributed by atoms with Crippen LogP contribution in [0.1, 0.15) is 31.2 Å². The maximum absolute atomic E-state index is 11.4. The molecule has 1 aliphatic heterocycles. The summed E-state index contributed by atoms with van der Waals surface area (Å²) in [6, 6.07) is 3.53. The van der Waals surface area contributed by atoms with Gasteiger partial charge in [-0.15, -0.1) is 0 Å². The van der Waals surface area contributed by atoms with E-state index in [2.05, 4.69) is 11.9 Å². The molecular weight excluding hydrogens is 228 g/mol. The van der Waals surface area contributed by atoms with Crippen LogP contribution in [0, 0.1) is 19.8 Å². The molecule has 0 spiro atoms. The lowest BCUT2D eigenvalue weighted by Crippen LogP contribution is -2.47. The highest BCUT2D eigenvalue weighted by atomic mass is 16.4. The molecular formula is C14H20N2O2. The lowest BCUT2D eigenvalue weighted by Gasteiger charge is -2.37. The van der Waals surface area contributed by atoms with Gasteiger partial charge in [0.2, 0.25) is 0 Å². The minimum atomic E-state index is -0.728. The van der Waals surface area contributed by atoms with Crippen LogP contribution < -0.4 is 4.90 Å². The number of aryl methyl sites for hydroxylation is 2. The second-order valence-corrected chi connectivity index (χ2v) is 5.29. The summed E-state index contributed by atoms with van der Waals surface area (Å²) in [5, 5.41) is 9.37. The van der Waals surface area contributed by atoms with Crippen LogP contribution in [0.5, 0.6) is 0 Å². The molecule has 0 amide bonds. The average Bonchev–Trinajstić information content (AvgIpc) is 2.27. The van der Waals surface area contributed by atoms with Gasteiger partial charge < -0.3 is 10.0 Å². The number of carbonyl (C=O) groups is 1. The summed E-state index contributed by atoms with van der Waals surface area (Å²) in [7, 11) is 0. The van der Waals surface area contributed by atoms with Crippen LogP contribution in [0.2, 0.25) is 0 Å². The highest BCUT2D eigenvalue weighted by molar-refractivity contribution is 5.78. The van der Waals surface area contributed by atoms with Gasteiger partial charge in [-0.3, -0.25) is 4.98 Å². The number of anilines is 1. The number of hydrogen-bond acceptors (Lipinski definition) is 3. The van der Waals surface area contributed by atoms with Gasteiger partial charge in [-0.25, -0.2) is 4.79 Å². The first kappa shape index (κ1) is 12.9. The Kier molecular flexibility index (Phi) is 3.55. The first-order valence-electron chi connectivity index (χ1n) is 6.42. The molecule has 2 unspecified atom stereocenters. The lowest BCUT2D eigenvalue weighted by molar-refractivity contribution is -0.139. The Morgan fingerprint density at radius 1 is 1.39 bits per heavy atom. The molecule has 18 heavy (non-hydrogen) atoms. The second kappa shape index (κ2) is 4.96. The Morgan fingerprint density at radius 3 is 2.56 bits per heavy atom. The number of carboxylic acids is 1. The third-order valence-electron chi connectivity index (χ3n) is 3.55. The minimum absolute atomic E-state index is 0.407. The summed E-state index contributed by atoms with van der Waals surface area (Å²) < 4.78 is 0. The first-order valence-corrected chi connectivity index (χ1v) is 6.42. The maximum Gasteiger partial charge on any atom is 0.326 e. The van der Waals surface area contributed by atoms with E-state index in [-0.39, 0.29) is 0 Å². The number of carboxylic acid groups (broad SMARTS) is 1. The van der Waals surface area contributed by atoms with Gasteiger partial charge in [-0.05, 0) is 44.7 Å². The van der Waals surface area contributed by atoms with Gasteiger partial charge in [0, 0.05) is 23.6 Å². The van der Waals surface area contributed by atoms with Gasteiger partial charge in [0.15, 0.2) is 0 Å². The van der Waals surface area contributed by atoms with Gasteiger partial charge in [0.25, 0.3) is 0 Å². The third-order valence-corrected chi connectivity index (χ3v) is 3.55.